The van der Waals surface area contributed by atoms with Crippen molar-refractivity contribution in [1.29, 1.82) is 0 Å². The fraction of sp³-hybridized carbons (Fsp3) is 0.400. The van der Waals surface area contributed by atoms with E-state index in [1.165, 1.54) is 16.8 Å². The zero-order valence-electron chi connectivity index (χ0n) is 19.2. The van der Waals surface area contributed by atoms with Crippen molar-refractivity contribution in [2.75, 3.05) is 44.2 Å². The summed E-state index contributed by atoms with van der Waals surface area (Å²) >= 11 is 0. The molecule has 1 aliphatic heterocycles. The van der Waals surface area contributed by atoms with Crippen LogP contribution in [0.2, 0.25) is 0 Å². The number of amides is 1. The highest BCUT2D eigenvalue weighted by Crippen LogP contribution is 2.18. The van der Waals surface area contributed by atoms with Crippen LogP contribution in [0.3, 0.4) is 0 Å². The van der Waals surface area contributed by atoms with Crippen LogP contribution in [0.1, 0.15) is 33.7 Å². The monoisotopic (exact) mass is 432 g/mol. The van der Waals surface area contributed by atoms with Gasteiger partial charge >= 0.3 is 0 Å². The van der Waals surface area contributed by atoms with E-state index in [0.717, 1.165) is 50.5 Å². The van der Waals surface area contributed by atoms with Gasteiger partial charge in [-0.1, -0.05) is 35.0 Å². The summed E-state index contributed by atoms with van der Waals surface area (Å²) in [7, 11) is 0. The van der Waals surface area contributed by atoms with Crippen molar-refractivity contribution >= 4 is 11.6 Å². The normalized spacial score (nSPS) is 14.5. The summed E-state index contributed by atoms with van der Waals surface area (Å²) in [6, 6.07) is 16.7. The lowest BCUT2D eigenvalue weighted by Gasteiger charge is -2.36. The molecule has 2 heterocycles. The summed E-state index contributed by atoms with van der Waals surface area (Å²) in [6.45, 7) is 11.8. The third kappa shape index (κ3) is 5.16. The van der Waals surface area contributed by atoms with Crippen LogP contribution in [0.25, 0.3) is 5.69 Å². The molecular weight excluding hydrogens is 400 g/mol. The van der Waals surface area contributed by atoms with Gasteiger partial charge in [0.1, 0.15) is 0 Å². The summed E-state index contributed by atoms with van der Waals surface area (Å²) in [6.07, 6.45) is 0.918. The van der Waals surface area contributed by atoms with Crippen LogP contribution < -0.4 is 10.2 Å². The summed E-state index contributed by atoms with van der Waals surface area (Å²) in [4.78, 5) is 17.5. The second kappa shape index (κ2) is 9.96. The molecule has 0 unspecified atom stereocenters. The van der Waals surface area contributed by atoms with Gasteiger partial charge in [-0.05, 0) is 63.6 Å². The average Bonchev–Trinajstić information content (AvgIpc) is 3.19. The lowest BCUT2D eigenvalue weighted by molar-refractivity contribution is 0.0945. The number of aryl methyl sites for hydroxylation is 2. The highest BCUT2D eigenvalue weighted by Gasteiger charge is 2.19. The van der Waals surface area contributed by atoms with Crippen molar-refractivity contribution < 1.29 is 4.79 Å². The largest absolute Gasteiger partial charge is 0.369 e. The first-order chi connectivity index (χ1) is 15.5. The van der Waals surface area contributed by atoms with E-state index in [9.17, 15) is 4.79 Å². The van der Waals surface area contributed by atoms with Gasteiger partial charge in [-0.15, -0.1) is 5.10 Å². The maximum atomic E-state index is 12.6. The topological polar surface area (TPSA) is 66.3 Å². The van der Waals surface area contributed by atoms with Crippen molar-refractivity contribution in [2.45, 2.75) is 27.2 Å². The minimum atomic E-state index is -0.162. The van der Waals surface area contributed by atoms with Crippen LogP contribution in [0.5, 0.6) is 0 Å². The smallest absolute Gasteiger partial charge is 0.273 e. The first-order valence-corrected chi connectivity index (χ1v) is 11.3. The number of carbonyl (C=O) groups excluding carboxylic acids is 1. The highest BCUT2D eigenvalue weighted by molar-refractivity contribution is 5.93. The fourth-order valence-corrected chi connectivity index (χ4v) is 4.11. The van der Waals surface area contributed by atoms with Crippen molar-refractivity contribution in [3.63, 3.8) is 0 Å². The Labute approximate surface area is 190 Å². The van der Waals surface area contributed by atoms with E-state index in [4.69, 9.17) is 0 Å². The van der Waals surface area contributed by atoms with Crippen LogP contribution in [0, 0.1) is 20.8 Å². The maximum Gasteiger partial charge on any atom is 0.273 e. The molecule has 1 amide bonds. The van der Waals surface area contributed by atoms with Gasteiger partial charge in [0.25, 0.3) is 5.91 Å². The van der Waals surface area contributed by atoms with Crippen molar-refractivity contribution in [3.05, 3.63) is 71.0 Å². The molecule has 0 atom stereocenters. The number of rotatable bonds is 7. The molecule has 3 aromatic rings. The summed E-state index contributed by atoms with van der Waals surface area (Å²) in [5.74, 6) is -0.162. The first kappa shape index (κ1) is 22.0. The fourth-order valence-electron chi connectivity index (χ4n) is 4.11. The second-order valence-electron chi connectivity index (χ2n) is 8.55. The Bertz CT molecular complexity index is 1050. The van der Waals surface area contributed by atoms with Crippen molar-refractivity contribution in [2.24, 2.45) is 0 Å². The molecule has 0 saturated carbocycles. The zero-order valence-corrected chi connectivity index (χ0v) is 19.2. The second-order valence-corrected chi connectivity index (χ2v) is 8.55. The van der Waals surface area contributed by atoms with Gasteiger partial charge in [0.2, 0.25) is 0 Å². The van der Waals surface area contributed by atoms with E-state index in [-0.39, 0.29) is 5.91 Å². The van der Waals surface area contributed by atoms with Gasteiger partial charge in [0, 0.05) is 38.4 Å². The van der Waals surface area contributed by atoms with Crippen LogP contribution in [0.4, 0.5) is 5.69 Å². The molecule has 0 aliphatic carbocycles. The Morgan fingerprint density at radius 3 is 2.41 bits per heavy atom. The maximum absolute atomic E-state index is 12.6. The number of nitrogens with zero attached hydrogens (tertiary/aromatic N) is 5. The number of carbonyl (C=O) groups is 1. The van der Waals surface area contributed by atoms with Crippen molar-refractivity contribution in [1.82, 2.24) is 25.2 Å². The molecule has 168 valence electrons. The molecule has 1 N–H and O–H groups in total. The van der Waals surface area contributed by atoms with Crippen LogP contribution in [-0.2, 0) is 0 Å². The number of hydrogen-bond acceptors (Lipinski definition) is 5. The van der Waals surface area contributed by atoms with Gasteiger partial charge in [-0.2, -0.15) is 0 Å². The number of benzene rings is 2. The standard InChI is InChI=1S/C25H32N6O/c1-19-8-10-22(11-9-19)31-21(3)24(27-28-31)25(32)26-12-5-13-29-14-16-30(17-15-29)23-7-4-6-20(2)18-23/h4,6-11,18H,5,12-17H2,1-3H3,(H,26,32). The predicted octanol–water partition coefficient (Wildman–Crippen LogP) is 3.13. The Hall–Kier alpha value is -3.19. The van der Waals surface area contributed by atoms with E-state index < -0.39 is 0 Å². The van der Waals surface area contributed by atoms with E-state index >= 15 is 0 Å². The molecule has 1 aromatic heterocycles. The van der Waals surface area contributed by atoms with Gasteiger partial charge < -0.3 is 10.2 Å². The minimum absolute atomic E-state index is 0.162. The molecule has 0 spiro atoms. The quantitative estimate of drug-likeness (QED) is 0.581. The number of piperazine rings is 1. The zero-order chi connectivity index (χ0) is 22.5. The van der Waals surface area contributed by atoms with Crippen LogP contribution in [0.15, 0.2) is 48.5 Å². The van der Waals surface area contributed by atoms with E-state index in [0.29, 0.717) is 12.2 Å². The van der Waals surface area contributed by atoms with E-state index in [1.807, 2.05) is 38.1 Å². The third-order valence-corrected chi connectivity index (χ3v) is 6.06. The number of nitrogens with one attached hydrogen (secondary N) is 1. The van der Waals surface area contributed by atoms with Gasteiger partial charge in [0.05, 0.1) is 11.4 Å². The Balaban J connectivity index is 1.21. The predicted molar refractivity (Wildman–Crippen MR) is 128 cm³/mol. The molecule has 1 saturated heterocycles. The number of hydrogen-bond donors (Lipinski definition) is 1. The summed E-state index contributed by atoms with van der Waals surface area (Å²) < 4.78 is 1.71. The molecule has 1 fully saturated rings. The molecule has 4 rings (SSSR count). The number of aromatic nitrogens is 3. The van der Waals surface area contributed by atoms with E-state index in [1.54, 1.807) is 4.68 Å². The molecule has 2 aromatic carbocycles. The Morgan fingerprint density at radius 2 is 1.69 bits per heavy atom. The molecule has 0 bridgehead atoms. The summed E-state index contributed by atoms with van der Waals surface area (Å²) in [5, 5.41) is 11.3. The lowest BCUT2D eigenvalue weighted by Crippen LogP contribution is -2.47. The molecule has 1 aliphatic rings. The number of anilines is 1. The van der Waals surface area contributed by atoms with Crippen molar-refractivity contribution in [3.8, 4) is 5.69 Å². The van der Waals surface area contributed by atoms with Crippen LogP contribution >= 0.6 is 0 Å². The van der Waals surface area contributed by atoms with Gasteiger partial charge in [-0.25, -0.2) is 4.68 Å². The van der Waals surface area contributed by atoms with Crippen LogP contribution in [-0.4, -0.2) is 65.1 Å². The highest BCUT2D eigenvalue weighted by atomic mass is 16.2. The van der Waals surface area contributed by atoms with Gasteiger partial charge in [0.15, 0.2) is 5.69 Å². The molecule has 7 heteroatoms. The first-order valence-electron chi connectivity index (χ1n) is 11.3. The van der Waals surface area contributed by atoms with Gasteiger partial charge in [-0.3, -0.25) is 9.69 Å². The molecular formula is C25H32N6O. The lowest BCUT2D eigenvalue weighted by atomic mass is 10.2. The average molecular weight is 433 g/mol. The molecule has 0 radical (unpaired) electrons. The molecule has 32 heavy (non-hydrogen) atoms. The third-order valence-electron chi connectivity index (χ3n) is 6.06. The summed E-state index contributed by atoms with van der Waals surface area (Å²) in [5.41, 5.74) is 5.84. The van der Waals surface area contributed by atoms with E-state index in [2.05, 4.69) is 56.6 Å². The Kier molecular flexibility index (Phi) is 6.85. The minimum Gasteiger partial charge on any atom is -0.369 e. The SMILES string of the molecule is Cc1ccc(-n2nnc(C(=O)NCCCN3CCN(c4cccc(C)c4)CC3)c2C)cc1. The Morgan fingerprint density at radius 1 is 0.938 bits per heavy atom. The molecule has 7 nitrogen and oxygen atoms in total.